The van der Waals surface area contributed by atoms with Gasteiger partial charge < -0.3 is 15.0 Å². The maximum atomic E-state index is 5.51. The summed E-state index contributed by atoms with van der Waals surface area (Å²) in [7, 11) is 1.70. The zero-order chi connectivity index (χ0) is 12.8. The van der Waals surface area contributed by atoms with Crippen molar-refractivity contribution in [2.75, 3.05) is 13.7 Å². The van der Waals surface area contributed by atoms with Crippen molar-refractivity contribution >= 4 is 0 Å². The first-order valence-electron chi connectivity index (χ1n) is 6.16. The zero-order valence-electron chi connectivity index (χ0n) is 10.7. The van der Waals surface area contributed by atoms with Crippen LogP contribution in [0.15, 0.2) is 36.8 Å². The highest BCUT2D eigenvalue weighted by atomic mass is 16.5. The van der Waals surface area contributed by atoms with Crippen molar-refractivity contribution in [2.24, 2.45) is 5.73 Å². The summed E-state index contributed by atoms with van der Waals surface area (Å²) in [5.74, 6) is 0.944. The minimum absolute atomic E-state index is 0.642. The Balaban J connectivity index is 1.97. The van der Waals surface area contributed by atoms with Crippen molar-refractivity contribution in [3.63, 3.8) is 0 Å². The van der Waals surface area contributed by atoms with E-state index in [0.29, 0.717) is 6.54 Å². The number of imidazole rings is 1. The fraction of sp³-hybridized carbons (Fsp3) is 0.357. The molecule has 0 radical (unpaired) electrons. The Kier molecular flexibility index (Phi) is 4.36. The number of hydrogen-bond acceptors (Lipinski definition) is 3. The lowest BCUT2D eigenvalue weighted by Crippen LogP contribution is -2.03. The van der Waals surface area contributed by atoms with E-state index in [1.54, 1.807) is 7.11 Å². The average molecular weight is 245 g/mol. The summed E-state index contributed by atoms with van der Waals surface area (Å²) < 4.78 is 7.43. The van der Waals surface area contributed by atoms with Crippen LogP contribution in [0, 0.1) is 0 Å². The Hall–Kier alpha value is -1.81. The number of aryl methyl sites for hydroxylation is 2. The van der Waals surface area contributed by atoms with Gasteiger partial charge in [-0.15, -0.1) is 0 Å². The molecule has 0 saturated heterocycles. The topological polar surface area (TPSA) is 53.1 Å². The largest absolute Gasteiger partial charge is 0.496 e. The normalized spacial score (nSPS) is 10.6. The van der Waals surface area contributed by atoms with Gasteiger partial charge in [-0.2, -0.15) is 0 Å². The van der Waals surface area contributed by atoms with Gasteiger partial charge in [0.05, 0.1) is 19.1 Å². The Morgan fingerprint density at radius 2 is 2.11 bits per heavy atom. The van der Waals surface area contributed by atoms with Gasteiger partial charge in [0, 0.05) is 19.2 Å². The Morgan fingerprint density at radius 3 is 2.89 bits per heavy atom. The SMILES string of the molecule is COc1ccccc1CCn1cnc(CCN)c1. The van der Waals surface area contributed by atoms with Gasteiger partial charge in [-0.05, 0) is 24.6 Å². The summed E-state index contributed by atoms with van der Waals surface area (Å²) in [6, 6.07) is 8.10. The van der Waals surface area contributed by atoms with E-state index in [9.17, 15) is 0 Å². The van der Waals surface area contributed by atoms with E-state index in [2.05, 4.69) is 21.8 Å². The van der Waals surface area contributed by atoms with Crippen molar-refractivity contribution in [2.45, 2.75) is 19.4 Å². The lowest BCUT2D eigenvalue weighted by Gasteiger charge is -2.08. The highest BCUT2D eigenvalue weighted by Crippen LogP contribution is 2.18. The molecule has 1 aromatic heterocycles. The molecule has 4 heteroatoms. The van der Waals surface area contributed by atoms with Crippen LogP contribution in [0.25, 0.3) is 0 Å². The maximum Gasteiger partial charge on any atom is 0.122 e. The molecule has 0 aliphatic carbocycles. The molecule has 0 spiro atoms. The van der Waals surface area contributed by atoms with Crippen molar-refractivity contribution < 1.29 is 4.74 Å². The molecule has 4 nitrogen and oxygen atoms in total. The molecule has 0 bridgehead atoms. The molecule has 0 fully saturated rings. The fourth-order valence-corrected chi connectivity index (χ4v) is 1.96. The molecule has 18 heavy (non-hydrogen) atoms. The number of ether oxygens (including phenoxy) is 1. The van der Waals surface area contributed by atoms with Gasteiger partial charge >= 0.3 is 0 Å². The molecule has 0 aliphatic heterocycles. The van der Waals surface area contributed by atoms with E-state index in [1.165, 1.54) is 5.56 Å². The van der Waals surface area contributed by atoms with Gasteiger partial charge in [-0.25, -0.2) is 4.98 Å². The summed E-state index contributed by atoms with van der Waals surface area (Å²) in [6.07, 6.45) is 5.69. The molecule has 0 aliphatic rings. The number of hydrogen-bond donors (Lipinski definition) is 1. The number of nitrogens with zero attached hydrogens (tertiary/aromatic N) is 2. The minimum atomic E-state index is 0.642. The molecule has 0 amide bonds. The standard InChI is InChI=1S/C14H19N3O/c1-18-14-5-3-2-4-12(14)7-9-17-10-13(6-8-15)16-11-17/h2-5,10-11H,6-9,15H2,1H3. The van der Waals surface area contributed by atoms with Crippen LogP contribution >= 0.6 is 0 Å². The number of aromatic nitrogens is 2. The number of rotatable bonds is 6. The highest BCUT2D eigenvalue weighted by Gasteiger charge is 2.02. The molecule has 1 aromatic carbocycles. The van der Waals surface area contributed by atoms with Crippen molar-refractivity contribution in [3.05, 3.63) is 48.0 Å². The Morgan fingerprint density at radius 1 is 1.28 bits per heavy atom. The van der Waals surface area contributed by atoms with E-state index < -0.39 is 0 Å². The second-order valence-electron chi connectivity index (χ2n) is 4.20. The van der Waals surface area contributed by atoms with Crippen LogP contribution in [0.2, 0.25) is 0 Å². The van der Waals surface area contributed by atoms with Gasteiger partial charge in [0.2, 0.25) is 0 Å². The van der Waals surface area contributed by atoms with Crippen LogP contribution in [-0.2, 0) is 19.4 Å². The van der Waals surface area contributed by atoms with Crippen LogP contribution < -0.4 is 10.5 Å². The predicted octanol–water partition coefficient (Wildman–Crippen LogP) is 1.64. The smallest absolute Gasteiger partial charge is 0.122 e. The van der Waals surface area contributed by atoms with Crippen molar-refractivity contribution in [1.29, 1.82) is 0 Å². The van der Waals surface area contributed by atoms with Crippen LogP contribution in [-0.4, -0.2) is 23.2 Å². The quantitative estimate of drug-likeness (QED) is 0.841. The molecule has 0 saturated carbocycles. The van der Waals surface area contributed by atoms with Crippen molar-refractivity contribution in [1.82, 2.24) is 9.55 Å². The van der Waals surface area contributed by atoms with Crippen LogP contribution in [0.3, 0.4) is 0 Å². The van der Waals surface area contributed by atoms with Gasteiger partial charge in [0.1, 0.15) is 5.75 Å². The molecular formula is C14H19N3O. The van der Waals surface area contributed by atoms with Gasteiger partial charge in [-0.3, -0.25) is 0 Å². The summed E-state index contributed by atoms with van der Waals surface area (Å²) in [4.78, 5) is 4.31. The average Bonchev–Trinajstić information content (AvgIpc) is 2.85. The first kappa shape index (κ1) is 12.6. The summed E-state index contributed by atoms with van der Waals surface area (Å²) in [5, 5.41) is 0. The molecule has 2 rings (SSSR count). The molecule has 0 unspecified atom stereocenters. The van der Waals surface area contributed by atoms with Gasteiger partial charge in [0.15, 0.2) is 0 Å². The molecule has 2 N–H and O–H groups in total. The first-order chi connectivity index (χ1) is 8.83. The lowest BCUT2D eigenvalue weighted by atomic mass is 10.1. The fourth-order valence-electron chi connectivity index (χ4n) is 1.96. The monoisotopic (exact) mass is 245 g/mol. The highest BCUT2D eigenvalue weighted by molar-refractivity contribution is 5.33. The number of para-hydroxylation sites is 1. The van der Waals surface area contributed by atoms with Crippen LogP contribution in [0.1, 0.15) is 11.3 Å². The van der Waals surface area contributed by atoms with Crippen molar-refractivity contribution in [3.8, 4) is 5.75 Å². The summed E-state index contributed by atoms with van der Waals surface area (Å²) >= 11 is 0. The third-order valence-electron chi connectivity index (χ3n) is 2.92. The molecule has 2 aromatic rings. The van der Waals surface area contributed by atoms with E-state index in [-0.39, 0.29) is 0 Å². The molecule has 1 heterocycles. The second kappa shape index (κ2) is 6.21. The van der Waals surface area contributed by atoms with E-state index in [0.717, 1.165) is 30.8 Å². The first-order valence-corrected chi connectivity index (χ1v) is 6.16. The molecular weight excluding hydrogens is 226 g/mol. The minimum Gasteiger partial charge on any atom is -0.496 e. The van der Waals surface area contributed by atoms with E-state index >= 15 is 0 Å². The third-order valence-corrected chi connectivity index (χ3v) is 2.92. The van der Waals surface area contributed by atoms with E-state index in [1.807, 2.05) is 24.5 Å². The predicted molar refractivity (Wildman–Crippen MR) is 71.7 cm³/mol. The number of methoxy groups -OCH3 is 1. The van der Waals surface area contributed by atoms with Gasteiger partial charge in [-0.1, -0.05) is 18.2 Å². The summed E-state index contributed by atoms with van der Waals surface area (Å²) in [5.41, 5.74) is 7.78. The van der Waals surface area contributed by atoms with Crippen LogP contribution in [0.4, 0.5) is 0 Å². The zero-order valence-corrected chi connectivity index (χ0v) is 10.7. The lowest BCUT2D eigenvalue weighted by molar-refractivity contribution is 0.408. The Labute approximate surface area is 107 Å². The number of nitrogens with two attached hydrogens (primary N) is 1. The Bertz CT molecular complexity index is 493. The summed E-state index contributed by atoms with van der Waals surface area (Å²) in [6.45, 7) is 1.54. The second-order valence-corrected chi connectivity index (χ2v) is 4.20. The van der Waals surface area contributed by atoms with Crippen LogP contribution in [0.5, 0.6) is 5.75 Å². The van der Waals surface area contributed by atoms with Gasteiger partial charge in [0.25, 0.3) is 0 Å². The number of benzene rings is 1. The molecule has 96 valence electrons. The molecule has 0 atom stereocenters. The third kappa shape index (κ3) is 3.11. The van der Waals surface area contributed by atoms with E-state index in [4.69, 9.17) is 10.5 Å². The maximum absolute atomic E-state index is 5.51.